The van der Waals surface area contributed by atoms with Gasteiger partial charge in [0.2, 0.25) is 17.6 Å². The normalized spacial score (nSPS) is 16.1. The predicted octanol–water partition coefficient (Wildman–Crippen LogP) is 3.94. The maximum Gasteiger partial charge on any atom is 0.232 e. The van der Waals surface area contributed by atoms with Crippen LogP contribution in [0.3, 0.4) is 0 Å². The first kappa shape index (κ1) is 20.0. The third kappa shape index (κ3) is 3.66. The Hall–Kier alpha value is -3.26. The van der Waals surface area contributed by atoms with Crippen molar-refractivity contribution < 1.29 is 23.5 Å². The van der Waals surface area contributed by atoms with Gasteiger partial charge in [0.05, 0.1) is 32.9 Å². The number of ether oxygens (including phenoxy) is 3. The maximum atomic E-state index is 12.7. The van der Waals surface area contributed by atoms with E-state index >= 15 is 0 Å². The molecular formula is C21H20ClN3O5. The van der Waals surface area contributed by atoms with Gasteiger partial charge in [0.1, 0.15) is 5.75 Å². The summed E-state index contributed by atoms with van der Waals surface area (Å²) in [6.07, 6.45) is 0.253. The van der Waals surface area contributed by atoms with E-state index < -0.39 is 0 Å². The van der Waals surface area contributed by atoms with E-state index in [4.69, 9.17) is 30.3 Å². The number of carbonyl (C=O) groups is 1. The van der Waals surface area contributed by atoms with Crippen molar-refractivity contribution in [3.8, 4) is 28.6 Å². The Bertz CT molecular complexity index is 1080. The molecule has 3 aromatic rings. The van der Waals surface area contributed by atoms with Crippen LogP contribution >= 0.6 is 11.6 Å². The molecule has 1 atom stereocenters. The van der Waals surface area contributed by atoms with E-state index in [9.17, 15) is 4.79 Å². The molecule has 1 fully saturated rings. The van der Waals surface area contributed by atoms with Gasteiger partial charge in [0.15, 0.2) is 11.5 Å². The molecule has 156 valence electrons. The lowest BCUT2D eigenvalue weighted by Gasteiger charge is -2.19. The molecule has 0 bridgehead atoms. The van der Waals surface area contributed by atoms with Crippen molar-refractivity contribution in [2.24, 2.45) is 0 Å². The summed E-state index contributed by atoms with van der Waals surface area (Å²) in [4.78, 5) is 18.8. The number of rotatable bonds is 6. The molecule has 0 saturated carbocycles. The van der Waals surface area contributed by atoms with E-state index in [1.54, 1.807) is 56.6 Å². The Labute approximate surface area is 178 Å². The van der Waals surface area contributed by atoms with Crippen molar-refractivity contribution in [3.63, 3.8) is 0 Å². The van der Waals surface area contributed by atoms with Crippen LogP contribution in [0.25, 0.3) is 11.4 Å². The lowest BCUT2D eigenvalue weighted by molar-refractivity contribution is -0.117. The number of hydrogen-bond donors (Lipinski definition) is 0. The van der Waals surface area contributed by atoms with Gasteiger partial charge in [0, 0.05) is 23.6 Å². The van der Waals surface area contributed by atoms with E-state index in [0.29, 0.717) is 46.2 Å². The number of amides is 1. The molecule has 0 aliphatic carbocycles. The van der Waals surface area contributed by atoms with Crippen LogP contribution < -0.4 is 19.1 Å². The molecule has 4 rings (SSSR count). The zero-order chi connectivity index (χ0) is 21.3. The van der Waals surface area contributed by atoms with E-state index in [-0.39, 0.29) is 18.2 Å². The van der Waals surface area contributed by atoms with Crippen molar-refractivity contribution in [2.75, 3.05) is 32.8 Å². The zero-order valence-corrected chi connectivity index (χ0v) is 17.5. The van der Waals surface area contributed by atoms with Crippen LogP contribution in [0.1, 0.15) is 18.2 Å². The van der Waals surface area contributed by atoms with Gasteiger partial charge in [-0.15, -0.1) is 0 Å². The quantitative estimate of drug-likeness (QED) is 0.586. The van der Waals surface area contributed by atoms with Gasteiger partial charge in [-0.25, -0.2) is 0 Å². The molecule has 2 aromatic carbocycles. The molecule has 0 spiro atoms. The van der Waals surface area contributed by atoms with E-state index in [1.165, 1.54) is 0 Å². The number of nitrogens with zero attached hydrogens (tertiary/aromatic N) is 3. The van der Waals surface area contributed by atoms with Crippen LogP contribution in [0.4, 0.5) is 5.69 Å². The number of benzene rings is 2. The van der Waals surface area contributed by atoms with Gasteiger partial charge in [-0.2, -0.15) is 4.98 Å². The van der Waals surface area contributed by atoms with Gasteiger partial charge in [0.25, 0.3) is 0 Å². The molecular weight excluding hydrogens is 410 g/mol. The number of halogens is 1. The monoisotopic (exact) mass is 429 g/mol. The van der Waals surface area contributed by atoms with Gasteiger partial charge in [-0.1, -0.05) is 16.8 Å². The van der Waals surface area contributed by atoms with E-state index in [2.05, 4.69) is 10.1 Å². The number of anilines is 1. The molecule has 30 heavy (non-hydrogen) atoms. The molecule has 9 heteroatoms. The molecule has 1 amide bonds. The third-order valence-electron chi connectivity index (χ3n) is 4.99. The number of carbonyl (C=O) groups excluding carboxylic acids is 1. The SMILES string of the molecule is COc1ccc(-c2noc([C@H]3CC(=O)N(c4cc(Cl)ccc4OC)C3)n2)cc1OC. The Morgan fingerprint density at radius 1 is 1.03 bits per heavy atom. The molecule has 1 aliphatic heterocycles. The van der Waals surface area contributed by atoms with Crippen LogP contribution in [0.15, 0.2) is 40.9 Å². The summed E-state index contributed by atoms with van der Waals surface area (Å²) in [7, 11) is 4.69. The van der Waals surface area contributed by atoms with Crippen molar-refractivity contribution in [2.45, 2.75) is 12.3 Å². The summed E-state index contributed by atoms with van der Waals surface area (Å²) >= 11 is 6.12. The Morgan fingerprint density at radius 2 is 1.77 bits per heavy atom. The zero-order valence-electron chi connectivity index (χ0n) is 16.7. The summed E-state index contributed by atoms with van der Waals surface area (Å²) in [5.41, 5.74) is 1.34. The average Bonchev–Trinajstić information content (AvgIpc) is 3.40. The lowest BCUT2D eigenvalue weighted by atomic mass is 10.1. The molecule has 1 saturated heterocycles. The summed E-state index contributed by atoms with van der Waals surface area (Å²) in [6.45, 7) is 0.392. The molecule has 2 heterocycles. The summed E-state index contributed by atoms with van der Waals surface area (Å²) in [5.74, 6) is 2.27. The van der Waals surface area contributed by atoms with Gasteiger partial charge in [-0.3, -0.25) is 4.79 Å². The second-order valence-corrected chi connectivity index (χ2v) is 7.18. The maximum absolute atomic E-state index is 12.7. The molecule has 1 aliphatic rings. The second kappa shape index (κ2) is 8.23. The van der Waals surface area contributed by atoms with Crippen LogP contribution in [-0.2, 0) is 4.79 Å². The summed E-state index contributed by atoms with van der Waals surface area (Å²) in [5, 5.41) is 4.60. The summed E-state index contributed by atoms with van der Waals surface area (Å²) in [6, 6.07) is 10.5. The number of methoxy groups -OCH3 is 3. The van der Waals surface area contributed by atoms with Crippen LogP contribution in [0.5, 0.6) is 17.2 Å². The van der Waals surface area contributed by atoms with E-state index in [0.717, 1.165) is 5.56 Å². The van der Waals surface area contributed by atoms with Crippen molar-refractivity contribution >= 4 is 23.2 Å². The summed E-state index contributed by atoms with van der Waals surface area (Å²) < 4.78 is 21.4. The molecule has 0 N–H and O–H groups in total. The van der Waals surface area contributed by atoms with Gasteiger partial charge in [-0.05, 0) is 36.4 Å². The van der Waals surface area contributed by atoms with E-state index in [1.807, 2.05) is 6.07 Å². The Kier molecular flexibility index (Phi) is 5.50. The molecule has 0 unspecified atom stereocenters. The minimum atomic E-state index is -0.234. The topological polar surface area (TPSA) is 86.9 Å². The highest BCUT2D eigenvalue weighted by Gasteiger charge is 2.36. The van der Waals surface area contributed by atoms with Crippen molar-refractivity contribution in [1.82, 2.24) is 10.1 Å². The number of hydrogen-bond acceptors (Lipinski definition) is 7. The first-order valence-electron chi connectivity index (χ1n) is 9.24. The Balaban J connectivity index is 1.58. The molecule has 0 radical (unpaired) electrons. The number of aromatic nitrogens is 2. The molecule has 1 aromatic heterocycles. The molecule has 8 nitrogen and oxygen atoms in total. The van der Waals surface area contributed by atoms with Crippen LogP contribution in [0, 0.1) is 0 Å². The fourth-order valence-electron chi connectivity index (χ4n) is 3.47. The second-order valence-electron chi connectivity index (χ2n) is 6.75. The minimum absolute atomic E-state index is 0.0635. The van der Waals surface area contributed by atoms with Crippen LogP contribution in [0.2, 0.25) is 5.02 Å². The fraction of sp³-hybridized carbons (Fsp3) is 0.286. The minimum Gasteiger partial charge on any atom is -0.495 e. The first-order valence-corrected chi connectivity index (χ1v) is 9.61. The first-order chi connectivity index (χ1) is 14.5. The average molecular weight is 430 g/mol. The highest BCUT2D eigenvalue weighted by Crippen LogP contribution is 2.38. The highest BCUT2D eigenvalue weighted by atomic mass is 35.5. The lowest BCUT2D eigenvalue weighted by Crippen LogP contribution is -2.24. The standard InChI is InChI=1S/C21H20ClN3O5/c1-27-16-7-5-14(22)10-15(16)25-11-13(9-19(25)26)21-23-20(24-30-21)12-4-6-17(28-2)18(8-12)29-3/h4-8,10,13H,9,11H2,1-3H3/t13-/m0/s1. The van der Waals surface area contributed by atoms with Gasteiger partial charge < -0.3 is 23.6 Å². The fourth-order valence-corrected chi connectivity index (χ4v) is 3.64. The Morgan fingerprint density at radius 3 is 2.50 bits per heavy atom. The smallest absolute Gasteiger partial charge is 0.232 e. The van der Waals surface area contributed by atoms with Crippen molar-refractivity contribution in [3.05, 3.63) is 47.3 Å². The highest BCUT2D eigenvalue weighted by molar-refractivity contribution is 6.31. The van der Waals surface area contributed by atoms with Crippen LogP contribution in [-0.4, -0.2) is 43.9 Å². The van der Waals surface area contributed by atoms with Gasteiger partial charge >= 0.3 is 0 Å². The third-order valence-corrected chi connectivity index (χ3v) is 5.22. The van der Waals surface area contributed by atoms with Crippen molar-refractivity contribution in [1.29, 1.82) is 0 Å². The predicted molar refractivity (Wildman–Crippen MR) is 111 cm³/mol. The largest absolute Gasteiger partial charge is 0.495 e.